The number of halogens is 2. The van der Waals surface area contributed by atoms with E-state index in [4.69, 9.17) is 25.9 Å². The molecule has 170 valence electrons. The third kappa shape index (κ3) is 5.18. The molecule has 1 aromatic heterocycles. The summed E-state index contributed by atoms with van der Waals surface area (Å²) in [6.45, 7) is 4.43. The van der Waals surface area contributed by atoms with Crippen molar-refractivity contribution in [1.29, 1.82) is 0 Å². The van der Waals surface area contributed by atoms with Gasteiger partial charge in [0.15, 0.2) is 17.3 Å². The molecule has 0 aliphatic carbocycles. The van der Waals surface area contributed by atoms with E-state index in [0.29, 0.717) is 41.4 Å². The average molecular weight is 462 g/mol. The Morgan fingerprint density at radius 2 is 1.91 bits per heavy atom. The van der Waals surface area contributed by atoms with Gasteiger partial charge in [-0.15, -0.1) is 0 Å². The van der Waals surface area contributed by atoms with Gasteiger partial charge in [0.05, 0.1) is 23.3 Å². The third-order valence-corrected chi connectivity index (χ3v) is 5.49. The van der Waals surface area contributed by atoms with E-state index in [2.05, 4.69) is 27.2 Å². The highest BCUT2D eigenvalue weighted by Gasteiger charge is 2.16. The molecule has 32 heavy (non-hydrogen) atoms. The fraction of sp³-hybridized carbons (Fsp3) is 0.364. The first kappa shape index (κ1) is 22.5. The van der Waals surface area contributed by atoms with Crippen LogP contribution in [0.5, 0.6) is 11.5 Å². The first-order valence-corrected chi connectivity index (χ1v) is 10.7. The molecule has 1 N–H and O–H groups in total. The van der Waals surface area contributed by atoms with E-state index in [9.17, 15) is 4.39 Å². The van der Waals surface area contributed by atoms with Gasteiger partial charge in [-0.3, -0.25) is 4.84 Å². The number of nitrogens with one attached hydrogen (secondary N) is 1. The predicted molar refractivity (Wildman–Crippen MR) is 121 cm³/mol. The second kappa shape index (κ2) is 10.3. The van der Waals surface area contributed by atoms with Crippen LogP contribution in [0.25, 0.3) is 10.9 Å². The molecule has 1 fully saturated rings. The van der Waals surface area contributed by atoms with Crippen LogP contribution < -0.4 is 14.8 Å². The Morgan fingerprint density at radius 1 is 1.09 bits per heavy atom. The normalized spacial score (nSPS) is 15.1. The summed E-state index contributed by atoms with van der Waals surface area (Å²) in [6, 6.07) is 8.27. The van der Waals surface area contributed by atoms with E-state index in [1.807, 2.05) is 5.06 Å². The zero-order valence-electron chi connectivity index (χ0n) is 18.0. The summed E-state index contributed by atoms with van der Waals surface area (Å²) in [4.78, 5) is 16.6. The standard InChI is InChI=1S/C22H25ClFN5O3/c1-28-6-8-29(9-7-28)32-11-10-31-20-12-15-18(13-19(20)30-2)25-14-26-22(15)27-17-5-3-4-16(23)21(17)24/h3-5,12-14H,6-11H2,1-2H3,(H,25,26,27). The lowest BCUT2D eigenvalue weighted by atomic mass is 10.2. The maximum Gasteiger partial charge on any atom is 0.165 e. The second-order valence-corrected chi connectivity index (χ2v) is 7.79. The molecule has 4 rings (SSSR count). The fourth-order valence-corrected chi connectivity index (χ4v) is 3.57. The zero-order valence-corrected chi connectivity index (χ0v) is 18.7. The van der Waals surface area contributed by atoms with Crippen molar-refractivity contribution in [1.82, 2.24) is 19.9 Å². The number of hydroxylamine groups is 2. The fourth-order valence-electron chi connectivity index (χ4n) is 3.40. The summed E-state index contributed by atoms with van der Waals surface area (Å²) >= 11 is 5.90. The third-order valence-electron chi connectivity index (χ3n) is 5.20. The van der Waals surface area contributed by atoms with Gasteiger partial charge in [-0.05, 0) is 25.2 Å². The van der Waals surface area contributed by atoms with Crippen LogP contribution in [-0.4, -0.2) is 73.5 Å². The van der Waals surface area contributed by atoms with Crippen molar-refractivity contribution >= 4 is 34.0 Å². The Balaban J connectivity index is 1.49. The topological polar surface area (TPSA) is 72.0 Å². The lowest BCUT2D eigenvalue weighted by Crippen LogP contribution is -2.44. The van der Waals surface area contributed by atoms with Crippen LogP contribution in [0, 0.1) is 5.82 Å². The molecule has 0 bridgehead atoms. The smallest absolute Gasteiger partial charge is 0.165 e. The van der Waals surface area contributed by atoms with E-state index in [1.54, 1.807) is 31.4 Å². The number of benzene rings is 2. The van der Waals surface area contributed by atoms with Crippen LogP contribution in [0.3, 0.4) is 0 Å². The van der Waals surface area contributed by atoms with Gasteiger partial charge < -0.3 is 19.7 Å². The number of methoxy groups -OCH3 is 1. The number of nitrogens with zero attached hydrogens (tertiary/aromatic N) is 4. The summed E-state index contributed by atoms with van der Waals surface area (Å²) in [5.41, 5.74) is 0.846. The van der Waals surface area contributed by atoms with Crippen molar-refractivity contribution in [2.45, 2.75) is 0 Å². The quantitative estimate of drug-likeness (QED) is 0.509. The van der Waals surface area contributed by atoms with E-state index in [1.165, 1.54) is 12.4 Å². The lowest BCUT2D eigenvalue weighted by molar-refractivity contribution is -0.179. The first-order valence-electron chi connectivity index (χ1n) is 10.3. The summed E-state index contributed by atoms with van der Waals surface area (Å²) in [7, 11) is 3.66. The number of hydrogen-bond acceptors (Lipinski definition) is 8. The Hall–Kier alpha value is -2.72. The van der Waals surface area contributed by atoms with Gasteiger partial charge >= 0.3 is 0 Å². The molecule has 0 spiro atoms. The van der Waals surface area contributed by atoms with Crippen molar-refractivity contribution in [3.05, 3.63) is 47.5 Å². The molecule has 2 heterocycles. The van der Waals surface area contributed by atoms with Crippen molar-refractivity contribution < 1.29 is 18.7 Å². The monoisotopic (exact) mass is 461 g/mol. The van der Waals surface area contributed by atoms with Crippen LogP contribution in [0.1, 0.15) is 0 Å². The van der Waals surface area contributed by atoms with Crippen LogP contribution in [0.2, 0.25) is 5.02 Å². The summed E-state index contributed by atoms with van der Waals surface area (Å²) in [6.07, 6.45) is 1.40. The van der Waals surface area contributed by atoms with Gasteiger partial charge in [-0.25, -0.2) is 14.4 Å². The molecule has 1 aliphatic rings. The molecule has 3 aromatic rings. The maximum absolute atomic E-state index is 14.4. The number of aromatic nitrogens is 2. The summed E-state index contributed by atoms with van der Waals surface area (Å²) in [5.74, 6) is 0.936. The zero-order chi connectivity index (χ0) is 22.5. The predicted octanol–water partition coefficient (Wildman–Crippen LogP) is 3.73. The van der Waals surface area contributed by atoms with Crippen LogP contribution >= 0.6 is 11.6 Å². The largest absolute Gasteiger partial charge is 0.493 e. The molecule has 1 aliphatic heterocycles. The van der Waals surface area contributed by atoms with Crippen LogP contribution in [0.4, 0.5) is 15.9 Å². The van der Waals surface area contributed by atoms with E-state index in [-0.39, 0.29) is 10.7 Å². The van der Waals surface area contributed by atoms with Gasteiger partial charge in [-0.2, -0.15) is 5.06 Å². The van der Waals surface area contributed by atoms with Gasteiger partial charge in [0.25, 0.3) is 0 Å². The van der Waals surface area contributed by atoms with Gasteiger partial charge in [0.1, 0.15) is 25.4 Å². The Kier molecular flexibility index (Phi) is 7.21. The SMILES string of the molecule is COc1cc2ncnc(Nc3cccc(Cl)c3F)c2cc1OCCON1CCN(C)CC1. The number of ether oxygens (including phenoxy) is 2. The van der Waals surface area contributed by atoms with E-state index < -0.39 is 5.82 Å². The Morgan fingerprint density at radius 3 is 2.69 bits per heavy atom. The molecule has 10 heteroatoms. The molecule has 0 unspecified atom stereocenters. The van der Waals surface area contributed by atoms with E-state index in [0.717, 1.165) is 26.2 Å². The molecule has 8 nitrogen and oxygen atoms in total. The highest BCUT2D eigenvalue weighted by Crippen LogP contribution is 2.35. The molecule has 0 radical (unpaired) electrons. The molecular weight excluding hydrogens is 437 g/mol. The Bertz CT molecular complexity index is 1080. The Labute approximate surface area is 190 Å². The number of anilines is 2. The maximum atomic E-state index is 14.4. The van der Waals surface area contributed by atoms with Crippen molar-refractivity contribution in [2.24, 2.45) is 0 Å². The number of likely N-dealkylation sites (N-methyl/N-ethyl adjacent to an activating group) is 1. The molecule has 0 atom stereocenters. The van der Waals surface area contributed by atoms with E-state index >= 15 is 0 Å². The molecule has 0 saturated carbocycles. The lowest BCUT2D eigenvalue weighted by Gasteiger charge is -2.31. The number of fused-ring (bicyclic) bond motifs is 1. The minimum atomic E-state index is -0.549. The first-order chi connectivity index (χ1) is 15.5. The van der Waals surface area contributed by atoms with Gasteiger partial charge in [0, 0.05) is 37.6 Å². The highest BCUT2D eigenvalue weighted by atomic mass is 35.5. The van der Waals surface area contributed by atoms with Crippen molar-refractivity contribution in [3.8, 4) is 11.5 Å². The number of hydrogen-bond donors (Lipinski definition) is 1. The minimum Gasteiger partial charge on any atom is -0.493 e. The summed E-state index contributed by atoms with van der Waals surface area (Å²) < 4.78 is 25.8. The number of rotatable bonds is 8. The average Bonchev–Trinajstić information content (AvgIpc) is 2.80. The molecule has 0 amide bonds. The molecular formula is C22H25ClFN5O3. The van der Waals surface area contributed by atoms with Gasteiger partial charge in [-0.1, -0.05) is 17.7 Å². The number of piperazine rings is 1. The van der Waals surface area contributed by atoms with Crippen molar-refractivity contribution in [3.63, 3.8) is 0 Å². The second-order valence-electron chi connectivity index (χ2n) is 7.38. The van der Waals surface area contributed by atoms with Crippen LogP contribution in [0.15, 0.2) is 36.7 Å². The minimum absolute atomic E-state index is 0.0272. The molecule has 2 aromatic carbocycles. The molecule has 1 saturated heterocycles. The highest BCUT2D eigenvalue weighted by molar-refractivity contribution is 6.31. The van der Waals surface area contributed by atoms with Crippen LogP contribution in [-0.2, 0) is 4.84 Å². The van der Waals surface area contributed by atoms with Gasteiger partial charge in [0.2, 0.25) is 0 Å². The summed E-state index contributed by atoms with van der Waals surface area (Å²) in [5, 5.41) is 5.63. The van der Waals surface area contributed by atoms with Crippen molar-refractivity contribution in [2.75, 3.05) is 58.9 Å².